The molecule has 5 nitrogen and oxygen atoms in total. The molecule has 0 spiro atoms. The van der Waals surface area contributed by atoms with Crippen LogP contribution in [0.1, 0.15) is 19.8 Å². The fourth-order valence-corrected chi connectivity index (χ4v) is 1.64. The van der Waals surface area contributed by atoms with Gasteiger partial charge in [-0.15, -0.1) is 0 Å². The number of amides is 2. The Labute approximate surface area is 105 Å². The fraction of sp³-hybridized carbons (Fsp3) is 0.308. The molecular weight excluding hydrogens is 230 g/mol. The smallest absolute Gasteiger partial charge is 0.244 e. The Balaban J connectivity index is 2.08. The standard InChI is InChI=1S/C13H13N3O2/c1-9(17)15-10-3-2-4-11(7-10)16-12(18)13(8-14)5-6-13/h2-4,7H,5-6H2,1H3,(H,15,17)(H,16,18). The van der Waals surface area contributed by atoms with E-state index in [2.05, 4.69) is 10.6 Å². The molecule has 5 heteroatoms. The number of carbonyl (C=O) groups is 2. The van der Waals surface area contributed by atoms with E-state index in [1.807, 2.05) is 6.07 Å². The summed E-state index contributed by atoms with van der Waals surface area (Å²) in [6, 6.07) is 8.88. The van der Waals surface area contributed by atoms with E-state index in [0.717, 1.165) is 0 Å². The third kappa shape index (κ3) is 2.48. The van der Waals surface area contributed by atoms with Crippen LogP contribution in [0.2, 0.25) is 0 Å². The number of nitrogens with zero attached hydrogens (tertiary/aromatic N) is 1. The van der Waals surface area contributed by atoms with Crippen molar-refractivity contribution in [2.75, 3.05) is 10.6 Å². The van der Waals surface area contributed by atoms with Gasteiger partial charge in [-0.05, 0) is 31.0 Å². The third-order valence-corrected chi connectivity index (χ3v) is 2.84. The maximum absolute atomic E-state index is 11.8. The van der Waals surface area contributed by atoms with Gasteiger partial charge in [0.2, 0.25) is 11.8 Å². The summed E-state index contributed by atoms with van der Waals surface area (Å²) in [4.78, 5) is 22.8. The average molecular weight is 243 g/mol. The highest BCUT2D eigenvalue weighted by Crippen LogP contribution is 2.45. The molecule has 1 fully saturated rings. The fourth-order valence-electron chi connectivity index (χ4n) is 1.64. The molecule has 1 aliphatic carbocycles. The van der Waals surface area contributed by atoms with E-state index in [9.17, 15) is 9.59 Å². The van der Waals surface area contributed by atoms with Gasteiger partial charge < -0.3 is 10.6 Å². The van der Waals surface area contributed by atoms with Gasteiger partial charge in [0.1, 0.15) is 5.41 Å². The van der Waals surface area contributed by atoms with Crippen LogP contribution >= 0.6 is 0 Å². The van der Waals surface area contributed by atoms with Gasteiger partial charge in [0.15, 0.2) is 0 Å². The summed E-state index contributed by atoms with van der Waals surface area (Å²) in [6.07, 6.45) is 1.22. The van der Waals surface area contributed by atoms with Crippen LogP contribution in [-0.4, -0.2) is 11.8 Å². The predicted octanol–water partition coefficient (Wildman–Crippen LogP) is 1.89. The molecule has 92 valence electrons. The highest BCUT2D eigenvalue weighted by Gasteiger charge is 2.50. The first-order chi connectivity index (χ1) is 8.55. The van der Waals surface area contributed by atoms with Crippen molar-refractivity contribution < 1.29 is 9.59 Å². The Hall–Kier alpha value is -2.35. The lowest BCUT2D eigenvalue weighted by atomic mass is 10.1. The van der Waals surface area contributed by atoms with E-state index < -0.39 is 5.41 Å². The van der Waals surface area contributed by atoms with Crippen LogP contribution in [0.15, 0.2) is 24.3 Å². The number of rotatable bonds is 3. The maximum atomic E-state index is 11.8. The highest BCUT2D eigenvalue weighted by atomic mass is 16.2. The average Bonchev–Trinajstić information content (AvgIpc) is 3.09. The lowest BCUT2D eigenvalue weighted by molar-refractivity contribution is -0.119. The van der Waals surface area contributed by atoms with Gasteiger partial charge in [0, 0.05) is 18.3 Å². The topological polar surface area (TPSA) is 82.0 Å². The molecule has 0 bridgehead atoms. The number of carbonyl (C=O) groups excluding carboxylic acids is 2. The van der Waals surface area contributed by atoms with Crippen molar-refractivity contribution in [3.63, 3.8) is 0 Å². The van der Waals surface area contributed by atoms with Crippen molar-refractivity contribution in [3.8, 4) is 6.07 Å². The minimum absolute atomic E-state index is 0.172. The molecule has 2 amide bonds. The van der Waals surface area contributed by atoms with Gasteiger partial charge in [-0.25, -0.2) is 0 Å². The van der Waals surface area contributed by atoms with Crippen molar-refractivity contribution >= 4 is 23.2 Å². The summed E-state index contributed by atoms with van der Waals surface area (Å²) in [5.41, 5.74) is 0.346. The molecule has 0 saturated heterocycles. The van der Waals surface area contributed by atoms with E-state index in [1.54, 1.807) is 24.3 Å². The number of anilines is 2. The van der Waals surface area contributed by atoms with Crippen LogP contribution in [0.5, 0.6) is 0 Å². The third-order valence-electron chi connectivity index (χ3n) is 2.84. The first-order valence-electron chi connectivity index (χ1n) is 5.66. The minimum Gasteiger partial charge on any atom is -0.326 e. The van der Waals surface area contributed by atoms with Crippen LogP contribution in [0.3, 0.4) is 0 Å². The zero-order valence-electron chi connectivity index (χ0n) is 9.99. The van der Waals surface area contributed by atoms with Crippen molar-refractivity contribution in [1.29, 1.82) is 5.26 Å². The molecule has 0 heterocycles. The van der Waals surface area contributed by atoms with Crippen LogP contribution in [0.4, 0.5) is 11.4 Å². The van der Waals surface area contributed by atoms with E-state index in [-0.39, 0.29) is 11.8 Å². The second-order valence-electron chi connectivity index (χ2n) is 4.41. The molecule has 18 heavy (non-hydrogen) atoms. The number of nitrogens with one attached hydrogen (secondary N) is 2. The van der Waals surface area contributed by atoms with Crippen LogP contribution in [0, 0.1) is 16.7 Å². The van der Waals surface area contributed by atoms with Gasteiger partial charge >= 0.3 is 0 Å². The van der Waals surface area contributed by atoms with Gasteiger partial charge in [0.25, 0.3) is 0 Å². The van der Waals surface area contributed by atoms with Crippen LogP contribution < -0.4 is 10.6 Å². The summed E-state index contributed by atoms with van der Waals surface area (Å²) < 4.78 is 0. The number of benzene rings is 1. The summed E-state index contributed by atoms with van der Waals surface area (Å²) >= 11 is 0. The van der Waals surface area contributed by atoms with Crippen molar-refractivity contribution in [3.05, 3.63) is 24.3 Å². The van der Waals surface area contributed by atoms with E-state index in [4.69, 9.17) is 5.26 Å². The zero-order chi connectivity index (χ0) is 13.2. The van der Waals surface area contributed by atoms with Gasteiger partial charge in [-0.2, -0.15) is 5.26 Å². The normalized spacial score (nSPS) is 15.3. The highest BCUT2D eigenvalue weighted by molar-refractivity contribution is 5.99. The first-order valence-corrected chi connectivity index (χ1v) is 5.66. The van der Waals surface area contributed by atoms with Gasteiger partial charge in [-0.1, -0.05) is 6.07 Å². The maximum Gasteiger partial charge on any atom is 0.244 e. The van der Waals surface area contributed by atoms with Crippen molar-refractivity contribution in [1.82, 2.24) is 0 Å². The molecule has 0 aliphatic heterocycles. The Bertz CT molecular complexity index is 541. The van der Waals surface area contributed by atoms with Crippen molar-refractivity contribution in [2.24, 2.45) is 5.41 Å². The Morgan fingerprint density at radius 3 is 2.39 bits per heavy atom. The quantitative estimate of drug-likeness (QED) is 0.850. The second kappa shape index (κ2) is 4.49. The molecule has 0 aromatic heterocycles. The first kappa shape index (κ1) is 12.1. The van der Waals surface area contributed by atoms with E-state index in [1.165, 1.54) is 6.92 Å². The van der Waals surface area contributed by atoms with Gasteiger partial charge in [-0.3, -0.25) is 9.59 Å². The zero-order valence-corrected chi connectivity index (χ0v) is 9.99. The van der Waals surface area contributed by atoms with Crippen molar-refractivity contribution in [2.45, 2.75) is 19.8 Å². The molecule has 1 aromatic carbocycles. The summed E-state index contributed by atoms with van der Waals surface area (Å²) in [5.74, 6) is -0.445. The predicted molar refractivity (Wildman–Crippen MR) is 66.7 cm³/mol. The number of hydrogen-bond donors (Lipinski definition) is 2. The summed E-state index contributed by atoms with van der Waals surface area (Å²) in [7, 11) is 0. The van der Waals surface area contributed by atoms with E-state index in [0.29, 0.717) is 24.2 Å². The Morgan fingerprint density at radius 2 is 1.89 bits per heavy atom. The van der Waals surface area contributed by atoms with Crippen LogP contribution in [0.25, 0.3) is 0 Å². The van der Waals surface area contributed by atoms with Crippen LogP contribution in [-0.2, 0) is 9.59 Å². The molecule has 2 N–H and O–H groups in total. The molecule has 1 aromatic rings. The minimum atomic E-state index is -0.843. The largest absolute Gasteiger partial charge is 0.326 e. The lowest BCUT2D eigenvalue weighted by Gasteiger charge is -2.09. The molecule has 1 aliphatic rings. The summed E-state index contributed by atoms with van der Waals surface area (Å²) in [6.45, 7) is 1.42. The van der Waals surface area contributed by atoms with Gasteiger partial charge in [0.05, 0.1) is 6.07 Å². The summed E-state index contributed by atoms with van der Waals surface area (Å²) in [5, 5.41) is 14.2. The Morgan fingerprint density at radius 1 is 1.28 bits per heavy atom. The SMILES string of the molecule is CC(=O)Nc1cccc(NC(=O)C2(C#N)CC2)c1. The Kier molecular flexibility index (Phi) is 3.02. The second-order valence-corrected chi connectivity index (χ2v) is 4.41. The molecule has 2 rings (SSSR count). The molecule has 0 unspecified atom stereocenters. The molecule has 1 saturated carbocycles. The lowest BCUT2D eigenvalue weighted by Crippen LogP contribution is -2.22. The number of hydrogen-bond acceptors (Lipinski definition) is 3. The van der Waals surface area contributed by atoms with E-state index >= 15 is 0 Å². The molecule has 0 radical (unpaired) electrons. The molecular formula is C13H13N3O2. The monoisotopic (exact) mass is 243 g/mol. The molecule has 0 atom stereocenters. The number of nitriles is 1.